The Balaban J connectivity index is 2.60. The fourth-order valence-electron chi connectivity index (χ4n) is 2.23. The van der Waals surface area contributed by atoms with Crippen LogP contribution in [0.2, 0.25) is 15.1 Å². The Bertz CT molecular complexity index is 922. The topological polar surface area (TPSA) is 72.3 Å². The molecule has 0 atom stereocenters. The van der Waals surface area contributed by atoms with Gasteiger partial charge in [0.15, 0.2) is 0 Å². The Morgan fingerprint density at radius 3 is 2.32 bits per heavy atom. The van der Waals surface area contributed by atoms with Crippen molar-refractivity contribution in [3.05, 3.63) is 39.0 Å². The highest BCUT2D eigenvalue weighted by molar-refractivity contribution is 7.91. The predicted octanol–water partition coefficient (Wildman–Crippen LogP) is 4.29. The number of aryl methyl sites for hydroxylation is 1. The van der Waals surface area contributed by atoms with Gasteiger partial charge in [0.05, 0.1) is 21.3 Å². The summed E-state index contributed by atoms with van der Waals surface area (Å²) in [4.78, 5) is 13.5. The second-order valence-electron chi connectivity index (χ2n) is 5.19. The minimum Gasteiger partial charge on any atom is -0.323 e. The molecule has 0 aliphatic rings. The van der Waals surface area contributed by atoms with E-state index in [1.807, 2.05) is 0 Å². The van der Waals surface area contributed by atoms with Crippen molar-refractivity contribution in [1.82, 2.24) is 14.7 Å². The van der Waals surface area contributed by atoms with Crippen molar-refractivity contribution < 1.29 is 13.2 Å². The zero-order chi connectivity index (χ0) is 18.9. The van der Waals surface area contributed by atoms with Crippen LogP contribution in [-0.2, 0) is 9.84 Å². The third-order valence-electron chi connectivity index (χ3n) is 3.63. The summed E-state index contributed by atoms with van der Waals surface area (Å²) < 4.78 is 26.8. The zero-order valence-corrected chi connectivity index (χ0v) is 16.8. The first kappa shape index (κ1) is 20.0. The van der Waals surface area contributed by atoms with E-state index in [2.05, 4.69) is 5.10 Å². The molecule has 1 amide bonds. The number of hydrogen-bond donors (Lipinski definition) is 0. The van der Waals surface area contributed by atoms with Crippen LogP contribution in [0, 0.1) is 6.92 Å². The molecule has 2 rings (SSSR count). The third kappa shape index (κ3) is 3.65. The van der Waals surface area contributed by atoms with Crippen molar-refractivity contribution in [2.24, 2.45) is 0 Å². The van der Waals surface area contributed by atoms with E-state index in [0.717, 1.165) is 10.9 Å². The number of amides is 1. The van der Waals surface area contributed by atoms with E-state index in [4.69, 9.17) is 34.8 Å². The molecule has 25 heavy (non-hydrogen) atoms. The van der Waals surface area contributed by atoms with Gasteiger partial charge in [0, 0.05) is 13.1 Å². The lowest BCUT2D eigenvalue weighted by Gasteiger charge is -2.17. The van der Waals surface area contributed by atoms with Gasteiger partial charge in [-0.2, -0.15) is 9.78 Å². The SMILES string of the molecule is CCN(CC)C(=O)n1cc(Cl)c(S(=O)(=O)c2c(Cl)ccc(C)c2Cl)n1. The van der Waals surface area contributed by atoms with Crippen LogP contribution in [-0.4, -0.2) is 42.2 Å². The quantitative estimate of drug-likeness (QED) is 0.734. The number of hydrogen-bond acceptors (Lipinski definition) is 4. The molecule has 0 radical (unpaired) electrons. The third-order valence-corrected chi connectivity index (χ3v) is 6.82. The van der Waals surface area contributed by atoms with Gasteiger partial charge in [0.1, 0.15) is 4.90 Å². The summed E-state index contributed by atoms with van der Waals surface area (Å²) >= 11 is 18.2. The molecule has 0 bridgehead atoms. The number of nitrogens with zero attached hydrogens (tertiary/aromatic N) is 3. The Morgan fingerprint density at radius 1 is 1.16 bits per heavy atom. The van der Waals surface area contributed by atoms with E-state index in [1.54, 1.807) is 26.8 Å². The summed E-state index contributed by atoms with van der Waals surface area (Å²) in [5, 5.41) is 3.17. The normalized spacial score (nSPS) is 11.6. The molecule has 0 spiro atoms. The second-order valence-corrected chi connectivity index (χ2v) is 8.19. The van der Waals surface area contributed by atoms with Gasteiger partial charge in [-0.3, -0.25) is 0 Å². The van der Waals surface area contributed by atoms with Gasteiger partial charge in [-0.05, 0) is 32.4 Å². The summed E-state index contributed by atoms with van der Waals surface area (Å²) in [5.41, 5.74) is 0.541. The maximum absolute atomic E-state index is 12.9. The van der Waals surface area contributed by atoms with Gasteiger partial charge in [0.25, 0.3) is 0 Å². The standard InChI is InChI=1S/C15H16Cl3N3O3S/c1-4-20(5-2)15(22)21-8-11(17)14(19-21)25(23,24)13-10(16)7-6-9(3)12(13)18/h6-8H,4-5H2,1-3H3. The first-order valence-electron chi connectivity index (χ1n) is 7.39. The van der Waals surface area contributed by atoms with Crippen LogP contribution in [0.1, 0.15) is 19.4 Å². The summed E-state index contributed by atoms with van der Waals surface area (Å²) in [7, 11) is -4.20. The Kier molecular flexibility index (Phi) is 6.04. The van der Waals surface area contributed by atoms with E-state index in [0.29, 0.717) is 18.7 Å². The van der Waals surface area contributed by atoms with Crippen LogP contribution < -0.4 is 0 Å². The van der Waals surface area contributed by atoms with Crippen LogP contribution in [0.5, 0.6) is 0 Å². The van der Waals surface area contributed by atoms with Crippen LogP contribution in [0.25, 0.3) is 0 Å². The highest BCUT2D eigenvalue weighted by Gasteiger charge is 2.31. The molecule has 1 aromatic heterocycles. The molecule has 0 fully saturated rings. The fourth-order valence-corrected chi connectivity index (χ4v) is 5.07. The van der Waals surface area contributed by atoms with Crippen molar-refractivity contribution in [1.29, 1.82) is 0 Å². The molecular formula is C15H16Cl3N3O3S. The summed E-state index contributed by atoms with van der Waals surface area (Å²) in [5.74, 6) is 0. The number of halogens is 3. The van der Waals surface area contributed by atoms with E-state index in [9.17, 15) is 13.2 Å². The van der Waals surface area contributed by atoms with Gasteiger partial charge in [-0.15, -0.1) is 0 Å². The second kappa shape index (κ2) is 7.53. The molecule has 0 unspecified atom stereocenters. The molecule has 0 aliphatic carbocycles. The van der Waals surface area contributed by atoms with Crippen LogP contribution >= 0.6 is 34.8 Å². The molecule has 2 aromatic rings. The highest BCUT2D eigenvalue weighted by Crippen LogP contribution is 2.37. The average molecular weight is 425 g/mol. The minimum absolute atomic E-state index is 0.00631. The smallest absolute Gasteiger partial charge is 0.323 e. The molecule has 136 valence electrons. The van der Waals surface area contributed by atoms with Crippen molar-refractivity contribution in [3.8, 4) is 0 Å². The maximum atomic E-state index is 12.9. The lowest BCUT2D eigenvalue weighted by Crippen LogP contribution is -2.34. The lowest BCUT2D eigenvalue weighted by molar-refractivity contribution is 0.201. The Hall–Kier alpha value is -1.28. The zero-order valence-electron chi connectivity index (χ0n) is 13.8. The van der Waals surface area contributed by atoms with E-state index in [-0.39, 0.29) is 20.0 Å². The lowest BCUT2D eigenvalue weighted by atomic mass is 10.2. The number of carbonyl (C=O) groups excluding carboxylic acids is 1. The molecule has 0 aliphatic heterocycles. The first-order valence-corrected chi connectivity index (χ1v) is 10.0. The van der Waals surface area contributed by atoms with Gasteiger partial charge in [-0.1, -0.05) is 40.9 Å². The number of sulfone groups is 1. The summed E-state index contributed by atoms with van der Waals surface area (Å²) in [6.07, 6.45) is 1.16. The van der Waals surface area contributed by atoms with Crippen LogP contribution in [0.3, 0.4) is 0 Å². The Morgan fingerprint density at radius 2 is 1.76 bits per heavy atom. The van der Waals surface area contributed by atoms with Gasteiger partial charge >= 0.3 is 6.03 Å². The molecular weight excluding hydrogens is 409 g/mol. The fraction of sp³-hybridized carbons (Fsp3) is 0.333. The van der Waals surface area contributed by atoms with Crippen molar-refractivity contribution in [3.63, 3.8) is 0 Å². The predicted molar refractivity (Wildman–Crippen MR) is 97.6 cm³/mol. The summed E-state index contributed by atoms with van der Waals surface area (Å²) in [6.45, 7) is 6.16. The van der Waals surface area contributed by atoms with Crippen molar-refractivity contribution in [2.75, 3.05) is 13.1 Å². The number of benzene rings is 1. The molecule has 0 saturated heterocycles. The minimum atomic E-state index is -4.20. The molecule has 0 N–H and O–H groups in total. The number of aromatic nitrogens is 2. The maximum Gasteiger partial charge on any atom is 0.344 e. The van der Waals surface area contributed by atoms with Gasteiger partial charge < -0.3 is 4.90 Å². The van der Waals surface area contributed by atoms with E-state index >= 15 is 0 Å². The van der Waals surface area contributed by atoms with Gasteiger partial charge in [-0.25, -0.2) is 13.2 Å². The number of rotatable bonds is 4. The van der Waals surface area contributed by atoms with Crippen molar-refractivity contribution >= 4 is 50.7 Å². The molecule has 10 heteroatoms. The molecule has 6 nitrogen and oxygen atoms in total. The monoisotopic (exact) mass is 423 g/mol. The molecule has 1 heterocycles. The van der Waals surface area contributed by atoms with Crippen LogP contribution in [0.15, 0.2) is 28.3 Å². The highest BCUT2D eigenvalue weighted by atomic mass is 35.5. The number of carbonyl (C=O) groups is 1. The van der Waals surface area contributed by atoms with E-state index in [1.165, 1.54) is 11.0 Å². The molecule has 0 saturated carbocycles. The Labute approximate surface area is 161 Å². The first-order chi connectivity index (χ1) is 11.6. The molecule has 1 aromatic carbocycles. The largest absolute Gasteiger partial charge is 0.344 e. The average Bonchev–Trinajstić information content (AvgIpc) is 2.95. The van der Waals surface area contributed by atoms with E-state index < -0.39 is 20.9 Å². The summed E-state index contributed by atoms with van der Waals surface area (Å²) in [6, 6.07) is 2.56. The van der Waals surface area contributed by atoms with Crippen LogP contribution in [0.4, 0.5) is 4.79 Å². The van der Waals surface area contributed by atoms with Crippen molar-refractivity contribution in [2.45, 2.75) is 30.7 Å². The van der Waals surface area contributed by atoms with Gasteiger partial charge in [0.2, 0.25) is 14.9 Å².